The average Bonchev–Trinajstić information content (AvgIpc) is 2.34. The van der Waals surface area contributed by atoms with Gasteiger partial charge in [0.15, 0.2) is 29.9 Å². The molecule has 0 saturated heterocycles. The molecule has 6 nitrogen and oxygen atoms in total. The van der Waals surface area contributed by atoms with Gasteiger partial charge in [-0.25, -0.2) is 0 Å². The zero-order chi connectivity index (χ0) is 10.7. The number of tetrazole rings is 1. The number of rotatable bonds is 4. The maximum Gasteiger partial charge on any atom is 0.254 e. The van der Waals surface area contributed by atoms with E-state index in [1.165, 1.54) is 23.2 Å². The van der Waals surface area contributed by atoms with Crippen LogP contribution in [0, 0.1) is 6.92 Å². The van der Waals surface area contributed by atoms with Crippen molar-refractivity contribution in [2.45, 2.75) is 33.9 Å². The summed E-state index contributed by atoms with van der Waals surface area (Å²) in [5.74, 6) is 0.719. The number of hydrogen-bond donors (Lipinski definition) is 0. The number of hydrogen-bond acceptors (Lipinski definition) is 4. The number of carbonyl (C=O) groups excluding carboxylic acids is 2. The molecule has 1 aromatic heterocycles. The van der Waals surface area contributed by atoms with Gasteiger partial charge in [-0.3, -0.25) is 9.59 Å². The monoisotopic (exact) mass is 276 g/mol. The molecule has 0 radical (unpaired) electrons. The quantitative estimate of drug-likeness (QED) is 0.527. The molecule has 0 saturated carbocycles. The molecule has 0 aliphatic heterocycles. The molecule has 0 unspecified atom stereocenters. The lowest BCUT2D eigenvalue weighted by atomic mass is 10.4. The zero-order valence-corrected chi connectivity index (χ0v) is 10.5. The largest absolute Gasteiger partial charge is 1.00 e. The first-order valence-corrected chi connectivity index (χ1v) is 4.30. The lowest BCUT2D eigenvalue weighted by Gasteiger charge is -1.92. The molecule has 7 heteroatoms. The SMILES string of the molecule is CC(=O)Cn1nn[n+](CC(C)=O)c1C.[Br-]. The fraction of sp³-hybridized carbons (Fsp3) is 0.625. The van der Waals surface area contributed by atoms with Gasteiger partial charge in [0.2, 0.25) is 0 Å². The molecular formula is C8H13BrN4O2. The number of carbonyl (C=O) groups is 2. The van der Waals surface area contributed by atoms with Crippen molar-refractivity contribution >= 4 is 11.6 Å². The molecule has 0 N–H and O–H groups in total. The third kappa shape index (κ3) is 3.86. The zero-order valence-electron chi connectivity index (χ0n) is 8.90. The first-order valence-electron chi connectivity index (χ1n) is 4.30. The van der Waals surface area contributed by atoms with Crippen LogP contribution in [-0.2, 0) is 22.7 Å². The van der Waals surface area contributed by atoms with E-state index in [9.17, 15) is 9.59 Å². The Morgan fingerprint density at radius 3 is 2.40 bits per heavy atom. The van der Waals surface area contributed by atoms with E-state index in [0.717, 1.165) is 0 Å². The predicted molar refractivity (Wildman–Crippen MR) is 46.3 cm³/mol. The lowest BCUT2D eigenvalue weighted by molar-refractivity contribution is -0.748. The second-order valence-electron chi connectivity index (χ2n) is 3.25. The molecule has 0 atom stereocenters. The van der Waals surface area contributed by atoms with Crippen molar-refractivity contribution in [2.75, 3.05) is 0 Å². The van der Waals surface area contributed by atoms with Crippen LogP contribution in [0.15, 0.2) is 0 Å². The third-order valence-corrected chi connectivity index (χ3v) is 1.75. The van der Waals surface area contributed by atoms with Gasteiger partial charge in [0, 0.05) is 6.92 Å². The molecule has 15 heavy (non-hydrogen) atoms. The van der Waals surface area contributed by atoms with Gasteiger partial charge in [0.1, 0.15) is 5.21 Å². The van der Waals surface area contributed by atoms with E-state index < -0.39 is 0 Å². The summed E-state index contributed by atoms with van der Waals surface area (Å²) in [6.07, 6.45) is 0. The Labute approximate surface area is 98.0 Å². The standard InChI is InChI=1S/C8H13N4O2.BrH/c1-6(13)4-11-8(3)12(10-9-11)5-7(2)14;/h4-5H2,1-3H3;1H/q+1;/p-1. The highest BCUT2D eigenvalue weighted by molar-refractivity contribution is 5.75. The molecule has 0 aliphatic carbocycles. The Hall–Kier alpha value is -1.11. The third-order valence-electron chi connectivity index (χ3n) is 1.75. The highest BCUT2D eigenvalue weighted by atomic mass is 79.9. The van der Waals surface area contributed by atoms with Gasteiger partial charge in [-0.1, -0.05) is 4.68 Å². The van der Waals surface area contributed by atoms with Gasteiger partial charge < -0.3 is 17.0 Å². The van der Waals surface area contributed by atoms with E-state index in [0.29, 0.717) is 5.82 Å². The second-order valence-corrected chi connectivity index (χ2v) is 3.25. The minimum Gasteiger partial charge on any atom is -1.00 e. The molecule has 0 amide bonds. The van der Waals surface area contributed by atoms with Crippen LogP contribution in [0.3, 0.4) is 0 Å². The normalized spacial score (nSPS) is 9.53. The van der Waals surface area contributed by atoms with Crippen molar-refractivity contribution in [2.24, 2.45) is 0 Å². The topological polar surface area (TPSA) is 68.7 Å². The molecular weight excluding hydrogens is 264 g/mol. The van der Waals surface area contributed by atoms with Crippen molar-refractivity contribution in [1.29, 1.82) is 0 Å². The number of ketones is 2. The summed E-state index contributed by atoms with van der Waals surface area (Å²) < 4.78 is 2.95. The van der Waals surface area contributed by atoms with Crippen LogP contribution in [-0.4, -0.2) is 26.7 Å². The second kappa shape index (κ2) is 5.69. The van der Waals surface area contributed by atoms with Crippen molar-refractivity contribution in [3.05, 3.63) is 5.82 Å². The van der Waals surface area contributed by atoms with Crippen molar-refractivity contribution in [3.63, 3.8) is 0 Å². The maximum atomic E-state index is 10.8. The maximum absolute atomic E-state index is 10.8. The highest BCUT2D eigenvalue weighted by Gasteiger charge is 2.17. The smallest absolute Gasteiger partial charge is 0.254 e. The Morgan fingerprint density at radius 2 is 1.93 bits per heavy atom. The van der Waals surface area contributed by atoms with E-state index in [2.05, 4.69) is 10.4 Å². The van der Waals surface area contributed by atoms with E-state index in [-0.39, 0.29) is 41.6 Å². The fourth-order valence-corrected chi connectivity index (χ4v) is 1.07. The Bertz CT molecular complexity index is 341. The number of Topliss-reactive ketones (excluding diaryl/α,β-unsaturated/α-hetero) is 2. The van der Waals surface area contributed by atoms with Gasteiger partial charge in [-0.2, -0.15) is 0 Å². The Balaban J connectivity index is 0.00000196. The van der Waals surface area contributed by atoms with Crippen LogP contribution in [0.5, 0.6) is 0 Å². The van der Waals surface area contributed by atoms with E-state index in [1.807, 2.05) is 0 Å². The lowest BCUT2D eigenvalue weighted by Crippen LogP contribution is -3.00. The first-order chi connectivity index (χ1) is 6.50. The fourth-order valence-electron chi connectivity index (χ4n) is 1.07. The van der Waals surface area contributed by atoms with Gasteiger partial charge in [-0.05, 0) is 13.8 Å². The van der Waals surface area contributed by atoms with Gasteiger partial charge in [0.25, 0.3) is 5.82 Å². The predicted octanol–water partition coefficient (Wildman–Crippen LogP) is -3.94. The van der Waals surface area contributed by atoms with Crippen LogP contribution in [0.2, 0.25) is 0 Å². The molecule has 1 heterocycles. The summed E-state index contributed by atoms with van der Waals surface area (Å²) in [7, 11) is 0. The minimum atomic E-state index is 0. The van der Waals surface area contributed by atoms with Crippen molar-refractivity contribution in [3.8, 4) is 0 Å². The van der Waals surface area contributed by atoms with Crippen LogP contribution < -0.4 is 21.7 Å². The highest BCUT2D eigenvalue weighted by Crippen LogP contribution is 1.88. The molecule has 0 aromatic carbocycles. The average molecular weight is 277 g/mol. The van der Waals surface area contributed by atoms with Crippen LogP contribution in [0.1, 0.15) is 19.7 Å². The number of halogens is 1. The molecule has 1 rings (SSSR count). The minimum absolute atomic E-state index is 0. The van der Waals surface area contributed by atoms with Gasteiger partial charge in [-0.15, -0.1) is 4.68 Å². The first kappa shape index (κ1) is 13.9. The molecule has 84 valence electrons. The summed E-state index contributed by atoms with van der Waals surface area (Å²) in [4.78, 5) is 21.7. The number of aromatic nitrogens is 4. The van der Waals surface area contributed by atoms with Crippen LogP contribution in [0.4, 0.5) is 0 Å². The molecule has 1 aromatic rings. The van der Waals surface area contributed by atoms with Gasteiger partial charge in [0.05, 0.1) is 0 Å². The van der Waals surface area contributed by atoms with Crippen molar-refractivity contribution < 1.29 is 31.3 Å². The van der Waals surface area contributed by atoms with E-state index in [4.69, 9.17) is 0 Å². The molecule has 0 spiro atoms. The van der Waals surface area contributed by atoms with Crippen LogP contribution >= 0.6 is 0 Å². The Kier molecular flexibility index (Phi) is 5.27. The summed E-state index contributed by atoms with van der Waals surface area (Å²) >= 11 is 0. The number of nitrogens with zero attached hydrogens (tertiary/aromatic N) is 4. The Morgan fingerprint density at radius 1 is 1.33 bits per heavy atom. The summed E-state index contributed by atoms with van der Waals surface area (Å²) in [6, 6.07) is 0. The van der Waals surface area contributed by atoms with E-state index >= 15 is 0 Å². The summed E-state index contributed by atoms with van der Waals surface area (Å²) in [5.41, 5.74) is 0. The van der Waals surface area contributed by atoms with Crippen molar-refractivity contribution in [1.82, 2.24) is 15.1 Å². The van der Waals surface area contributed by atoms with E-state index in [1.54, 1.807) is 6.92 Å². The molecule has 0 aliphatic rings. The molecule has 0 bridgehead atoms. The molecule has 0 fully saturated rings. The van der Waals surface area contributed by atoms with Crippen LogP contribution in [0.25, 0.3) is 0 Å². The summed E-state index contributed by atoms with van der Waals surface area (Å²) in [6.45, 7) is 5.13. The van der Waals surface area contributed by atoms with Gasteiger partial charge >= 0.3 is 0 Å². The summed E-state index contributed by atoms with van der Waals surface area (Å²) in [5, 5.41) is 7.53.